The molecule has 6 heteroatoms. The summed E-state index contributed by atoms with van der Waals surface area (Å²) in [5, 5.41) is 4.02. The van der Waals surface area contributed by atoms with Gasteiger partial charge in [-0.1, -0.05) is 29.0 Å². The molecule has 2 heterocycles. The Balaban J connectivity index is 1.56. The molecule has 1 saturated heterocycles. The number of rotatable bonds is 3. The van der Waals surface area contributed by atoms with Gasteiger partial charge in [0.2, 0.25) is 0 Å². The van der Waals surface area contributed by atoms with Crippen LogP contribution in [-0.2, 0) is 4.74 Å². The van der Waals surface area contributed by atoms with Gasteiger partial charge in [0.25, 0.3) is 5.91 Å². The molecule has 2 aromatic carbocycles. The van der Waals surface area contributed by atoms with Gasteiger partial charge < -0.3 is 15.0 Å². The molecule has 0 spiro atoms. The van der Waals surface area contributed by atoms with Crippen molar-refractivity contribution in [1.29, 1.82) is 0 Å². The van der Waals surface area contributed by atoms with E-state index in [0.717, 1.165) is 58.5 Å². The molecule has 0 radical (unpaired) electrons. The van der Waals surface area contributed by atoms with Crippen molar-refractivity contribution in [3.63, 3.8) is 0 Å². The van der Waals surface area contributed by atoms with Crippen LogP contribution in [0.2, 0.25) is 0 Å². The number of anilines is 2. The summed E-state index contributed by atoms with van der Waals surface area (Å²) in [5.74, 6) is -0.0835. The van der Waals surface area contributed by atoms with Crippen molar-refractivity contribution in [1.82, 2.24) is 4.98 Å². The largest absolute Gasteiger partial charge is 0.378 e. The lowest BCUT2D eigenvalue weighted by atomic mass is 10.1. The second-order valence-electron chi connectivity index (χ2n) is 6.55. The average Bonchev–Trinajstić information content (AvgIpc) is 3.05. The fourth-order valence-electron chi connectivity index (χ4n) is 3.15. The first kappa shape index (κ1) is 17.0. The van der Waals surface area contributed by atoms with E-state index in [1.54, 1.807) is 11.3 Å². The zero-order valence-corrected chi connectivity index (χ0v) is 15.7. The highest BCUT2D eigenvalue weighted by molar-refractivity contribution is 7.22. The summed E-state index contributed by atoms with van der Waals surface area (Å²) in [7, 11) is 0. The minimum Gasteiger partial charge on any atom is -0.378 e. The Kier molecular flexibility index (Phi) is 4.61. The zero-order valence-electron chi connectivity index (χ0n) is 14.9. The minimum atomic E-state index is -0.0835. The number of hydrogen-bond acceptors (Lipinski definition) is 5. The normalized spacial score (nSPS) is 14.6. The molecule has 0 saturated carbocycles. The first-order valence-electron chi connectivity index (χ1n) is 8.72. The molecular formula is C20H21N3O2S. The summed E-state index contributed by atoms with van der Waals surface area (Å²) in [5.41, 5.74) is 4.59. The number of nitrogens with one attached hydrogen (secondary N) is 1. The van der Waals surface area contributed by atoms with Crippen LogP contribution in [0.4, 0.5) is 10.8 Å². The van der Waals surface area contributed by atoms with E-state index in [-0.39, 0.29) is 5.91 Å². The van der Waals surface area contributed by atoms with Gasteiger partial charge in [0, 0.05) is 24.3 Å². The smallest absolute Gasteiger partial charge is 0.255 e. The topological polar surface area (TPSA) is 54.5 Å². The van der Waals surface area contributed by atoms with Gasteiger partial charge in [-0.25, -0.2) is 4.98 Å². The second kappa shape index (κ2) is 7.05. The molecule has 0 bridgehead atoms. The van der Waals surface area contributed by atoms with E-state index in [2.05, 4.69) is 10.2 Å². The standard InChI is InChI=1S/C20H21N3O2S/c1-13-3-5-16(14(2)11-13)19(24)21-15-4-6-17-18(12-15)26-20(22-17)23-7-9-25-10-8-23/h3-6,11-12H,7-10H2,1-2H3,(H,21,24). The van der Waals surface area contributed by atoms with E-state index < -0.39 is 0 Å². The Hall–Kier alpha value is -2.44. The van der Waals surface area contributed by atoms with Gasteiger partial charge in [0.1, 0.15) is 0 Å². The molecule has 1 amide bonds. The van der Waals surface area contributed by atoms with Crippen LogP contribution in [0.5, 0.6) is 0 Å². The van der Waals surface area contributed by atoms with Crippen molar-refractivity contribution >= 4 is 38.3 Å². The molecule has 1 aromatic heterocycles. The molecule has 3 aromatic rings. The number of aromatic nitrogens is 1. The third-order valence-electron chi connectivity index (χ3n) is 4.54. The van der Waals surface area contributed by atoms with Crippen LogP contribution < -0.4 is 10.2 Å². The quantitative estimate of drug-likeness (QED) is 0.760. The summed E-state index contributed by atoms with van der Waals surface area (Å²) in [6, 6.07) is 11.7. The number of amides is 1. The molecular weight excluding hydrogens is 346 g/mol. The molecule has 1 fully saturated rings. The minimum absolute atomic E-state index is 0.0835. The molecule has 1 aliphatic heterocycles. The third kappa shape index (κ3) is 3.43. The summed E-state index contributed by atoms with van der Waals surface area (Å²) < 4.78 is 6.48. The molecule has 4 rings (SSSR count). The maximum atomic E-state index is 12.6. The Morgan fingerprint density at radius 1 is 1.15 bits per heavy atom. The third-order valence-corrected chi connectivity index (χ3v) is 5.62. The number of benzene rings is 2. The summed E-state index contributed by atoms with van der Waals surface area (Å²) in [6.07, 6.45) is 0. The number of morpholine rings is 1. The van der Waals surface area contributed by atoms with Gasteiger partial charge in [-0.3, -0.25) is 4.79 Å². The number of nitrogens with zero attached hydrogens (tertiary/aromatic N) is 2. The van der Waals surface area contributed by atoms with Gasteiger partial charge in [0.05, 0.1) is 23.4 Å². The van der Waals surface area contributed by atoms with E-state index in [0.29, 0.717) is 5.56 Å². The number of fused-ring (bicyclic) bond motifs is 1. The predicted molar refractivity (Wildman–Crippen MR) is 107 cm³/mol. The maximum Gasteiger partial charge on any atom is 0.255 e. The van der Waals surface area contributed by atoms with E-state index >= 15 is 0 Å². The van der Waals surface area contributed by atoms with Crippen molar-refractivity contribution in [3.05, 3.63) is 53.1 Å². The first-order chi connectivity index (χ1) is 12.6. The summed E-state index contributed by atoms with van der Waals surface area (Å²) >= 11 is 1.65. The van der Waals surface area contributed by atoms with Gasteiger partial charge in [-0.15, -0.1) is 0 Å². The number of hydrogen-bond donors (Lipinski definition) is 1. The summed E-state index contributed by atoms with van der Waals surface area (Å²) in [6.45, 7) is 7.22. The Bertz CT molecular complexity index is 961. The van der Waals surface area contributed by atoms with Crippen molar-refractivity contribution in [3.8, 4) is 0 Å². The molecule has 0 aliphatic carbocycles. The zero-order chi connectivity index (χ0) is 18.1. The monoisotopic (exact) mass is 367 g/mol. The molecule has 26 heavy (non-hydrogen) atoms. The van der Waals surface area contributed by atoms with E-state index in [1.165, 1.54) is 0 Å². The fourth-order valence-corrected chi connectivity index (χ4v) is 4.20. The molecule has 134 valence electrons. The van der Waals surface area contributed by atoms with Gasteiger partial charge in [-0.2, -0.15) is 0 Å². The number of carbonyl (C=O) groups excluding carboxylic acids is 1. The van der Waals surface area contributed by atoms with Gasteiger partial charge in [-0.05, 0) is 43.7 Å². The Morgan fingerprint density at radius 2 is 1.96 bits per heavy atom. The predicted octanol–water partition coefficient (Wildman–Crippen LogP) is 4.00. The van der Waals surface area contributed by atoms with Crippen LogP contribution in [0.25, 0.3) is 10.2 Å². The lowest BCUT2D eigenvalue weighted by molar-refractivity contribution is 0.102. The van der Waals surface area contributed by atoms with E-state index in [9.17, 15) is 4.79 Å². The molecule has 1 aliphatic rings. The molecule has 0 unspecified atom stereocenters. The van der Waals surface area contributed by atoms with Crippen molar-refractivity contribution in [2.24, 2.45) is 0 Å². The highest BCUT2D eigenvalue weighted by atomic mass is 32.1. The lowest BCUT2D eigenvalue weighted by Gasteiger charge is -2.25. The second-order valence-corrected chi connectivity index (χ2v) is 7.56. The van der Waals surface area contributed by atoms with E-state index in [1.807, 2.05) is 50.2 Å². The Morgan fingerprint density at radius 3 is 2.73 bits per heavy atom. The number of aryl methyl sites for hydroxylation is 2. The van der Waals surface area contributed by atoms with Crippen LogP contribution in [-0.4, -0.2) is 37.2 Å². The average molecular weight is 367 g/mol. The van der Waals surface area contributed by atoms with Crippen molar-refractivity contribution in [2.75, 3.05) is 36.5 Å². The van der Waals surface area contributed by atoms with E-state index in [4.69, 9.17) is 9.72 Å². The molecule has 1 N–H and O–H groups in total. The highest BCUT2D eigenvalue weighted by Crippen LogP contribution is 2.31. The van der Waals surface area contributed by atoms with Crippen LogP contribution in [0.3, 0.4) is 0 Å². The van der Waals surface area contributed by atoms with Crippen LogP contribution in [0.15, 0.2) is 36.4 Å². The first-order valence-corrected chi connectivity index (χ1v) is 9.54. The number of thiazole rings is 1. The van der Waals surface area contributed by atoms with Crippen LogP contribution in [0.1, 0.15) is 21.5 Å². The lowest BCUT2D eigenvalue weighted by Crippen LogP contribution is -2.36. The SMILES string of the molecule is Cc1ccc(C(=O)Nc2ccc3nc(N4CCOCC4)sc3c2)c(C)c1. The number of ether oxygens (including phenoxy) is 1. The van der Waals surface area contributed by atoms with Crippen LogP contribution in [0, 0.1) is 13.8 Å². The summed E-state index contributed by atoms with van der Waals surface area (Å²) in [4.78, 5) is 19.6. The van der Waals surface area contributed by atoms with Crippen LogP contribution >= 0.6 is 11.3 Å². The Labute approximate surface area is 156 Å². The molecule has 0 atom stereocenters. The molecule has 5 nitrogen and oxygen atoms in total. The number of carbonyl (C=O) groups is 1. The van der Waals surface area contributed by atoms with Crippen molar-refractivity contribution in [2.45, 2.75) is 13.8 Å². The highest BCUT2D eigenvalue weighted by Gasteiger charge is 2.16. The van der Waals surface area contributed by atoms with Gasteiger partial charge >= 0.3 is 0 Å². The van der Waals surface area contributed by atoms with Crippen molar-refractivity contribution < 1.29 is 9.53 Å². The van der Waals surface area contributed by atoms with Gasteiger partial charge in [0.15, 0.2) is 5.13 Å². The fraction of sp³-hybridized carbons (Fsp3) is 0.300. The maximum absolute atomic E-state index is 12.6.